The van der Waals surface area contributed by atoms with E-state index in [9.17, 15) is 73.7 Å². The van der Waals surface area contributed by atoms with E-state index in [1.807, 2.05) is 0 Å². The minimum absolute atomic E-state index is 0.407. The molecule has 0 radical (unpaired) electrons. The first-order valence-electron chi connectivity index (χ1n) is 11.6. The molecular formula is C28H8F12N4O2. The van der Waals surface area contributed by atoms with E-state index in [0.29, 0.717) is 48.5 Å². The third kappa shape index (κ3) is 7.42. The van der Waals surface area contributed by atoms with Gasteiger partial charge in [0.25, 0.3) is 0 Å². The van der Waals surface area contributed by atoms with Gasteiger partial charge >= 0.3 is 25.1 Å². The SMILES string of the molecule is N#CC(C#N)=c1c(-c2ccc(OC(F)(F)F)cc2)c(C(F)(F)F)c(=C(C#N)C#N)c(-c2ccc(OC(F)(F)F)cc2)c1C(F)(F)F. The maximum atomic E-state index is 14.9. The largest absolute Gasteiger partial charge is 0.573 e. The van der Waals surface area contributed by atoms with Crippen molar-refractivity contribution in [3.63, 3.8) is 0 Å². The number of nitriles is 4. The average Bonchev–Trinajstić information content (AvgIpc) is 2.92. The van der Waals surface area contributed by atoms with E-state index in [1.165, 1.54) is 0 Å². The zero-order chi connectivity index (χ0) is 34.8. The van der Waals surface area contributed by atoms with Crippen LogP contribution in [0, 0.1) is 45.3 Å². The van der Waals surface area contributed by atoms with Crippen LogP contribution >= 0.6 is 0 Å². The summed E-state index contributed by atoms with van der Waals surface area (Å²) in [7, 11) is 0. The predicted molar refractivity (Wildman–Crippen MR) is 129 cm³/mol. The molecule has 0 atom stereocenters. The standard InChI is InChI=1S/C28H8F12N4O2/c29-25(30,31)23-19(13-1-5-17(6-2-13)45-27(35,36)37)21(15(9-41)10-42)24(26(32,33)34)20(22(23)16(11-43)12-44)14-3-7-18(8-4-14)46-28(38,39)40/h1-8H. The Morgan fingerprint density at radius 1 is 0.457 bits per heavy atom. The summed E-state index contributed by atoms with van der Waals surface area (Å²) in [4.78, 5) is 0. The van der Waals surface area contributed by atoms with Gasteiger partial charge in [0.1, 0.15) is 46.9 Å². The fourth-order valence-corrected chi connectivity index (χ4v) is 4.31. The number of halogens is 12. The van der Waals surface area contributed by atoms with Crippen molar-refractivity contribution in [3.05, 3.63) is 70.1 Å². The molecular weight excluding hydrogens is 652 g/mol. The van der Waals surface area contributed by atoms with Gasteiger partial charge in [0.15, 0.2) is 0 Å². The highest BCUT2D eigenvalue weighted by atomic mass is 19.4. The Balaban J connectivity index is 2.82. The van der Waals surface area contributed by atoms with Crippen molar-refractivity contribution in [3.8, 4) is 58.0 Å². The van der Waals surface area contributed by atoms with E-state index in [1.54, 1.807) is 0 Å². The number of rotatable bonds is 4. The number of nitrogens with zero attached hydrogens (tertiary/aromatic N) is 4. The first kappa shape index (κ1) is 34.6. The quantitative estimate of drug-likeness (QED) is 0.273. The van der Waals surface area contributed by atoms with Crippen LogP contribution in [-0.2, 0) is 12.4 Å². The van der Waals surface area contributed by atoms with Crippen molar-refractivity contribution in [2.24, 2.45) is 0 Å². The number of alkyl halides is 12. The van der Waals surface area contributed by atoms with E-state index in [0.717, 1.165) is 24.3 Å². The van der Waals surface area contributed by atoms with Crippen molar-refractivity contribution in [2.75, 3.05) is 0 Å². The Bertz CT molecular complexity index is 1790. The van der Waals surface area contributed by atoms with Gasteiger partial charge in [-0.15, -0.1) is 26.3 Å². The lowest BCUT2D eigenvalue weighted by atomic mass is 9.83. The summed E-state index contributed by atoms with van der Waals surface area (Å²) in [5.41, 5.74) is -12.8. The van der Waals surface area contributed by atoms with E-state index in [-0.39, 0.29) is 0 Å². The van der Waals surface area contributed by atoms with E-state index < -0.39 is 91.5 Å². The predicted octanol–water partition coefficient (Wildman–Crippen LogP) is 7.25. The summed E-state index contributed by atoms with van der Waals surface area (Å²) in [6.45, 7) is 0. The summed E-state index contributed by atoms with van der Waals surface area (Å²) in [6, 6.07) is 7.52. The van der Waals surface area contributed by atoms with Gasteiger partial charge < -0.3 is 9.47 Å². The molecule has 3 aromatic carbocycles. The molecule has 0 saturated heterocycles. The zero-order valence-electron chi connectivity index (χ0n) is 21.8. The Morgan fingerprint density at radius 3 is 0.913 bits per heavy atom. The summed E-state index contributed by atoms with van der Waals surface area (Å²) in [6.07, 6.45) is -22.2. The van der Waals surface area contributed by atoms with Gasteiger partial charge in [0, 0.05) is 21.6 Å². The molecule has 0 fully saturated rings. The maximum absolute atomic E-state index is 14.9. The zero-order valence-corrected chi connectivity index (χ0v) is 21.8. The molecule has 3 rings (SSSR count). The van der Waals surface area contributed by atoms with Crippen molar-refractivity contribution in [1.29, 1.82) is 21.0 Å². The minimum Gasteiger partial charge on any atom is -0.406 e. The first-order valence-corrected chi connectivity index (χ1v) is 11.6. The lowest BCUT2D eigenvalue weighted by Crippen LogP contribution is -2.36. The van der Waals surface area contributed by atoms with Gasteiger partial charge in [-0.3, -0.25) is 0 Å². The van der Waals surface area contributed by atoms with Gasteiger partial charge in [-0.05, 0) is 35.4 Å². The Kier molecular flexibility index (Phi) is 9.22. The van der Waals surface area contributed by atoms with Crippen molar-refractivity contribution >= 4 is 11.1 Å². The highest BCUT2D eigenvalue weighted by Gasteiger charge is 2.45. The Hall–Kier alpha value is -5.88. The third-order valence-electron chi connectivity index (χ3n) is 5.77. The van der Waals surface area contributed by atoms with Gasteiger partial charge in [-0.1, -0.05) is 24.3 Å². The Morgan fingerprint density at radius 2 is 0.717 bits per heavy atom. The normalized spacial score (nSPS) is 11.8. The number of hydrogen-bond acceptors (Lipinski definition) is 6. The van der Waals surface area contributed by atoms with Crippen LogP contribution in [0.3, 0.4) is 0 Å². The van der Waals surface area contributed by atoms with Gasteiger partial charge in [0.05, 0.1) is 11.1 Å². The second-order valence-electron chi connectivity index (χ2n) is 8.59. The molecule has 0 heterocycles. The molecule has 0 bridgehead atoms. The monoisotopic (exact) mass is 660 g/mol. The second-order valence-corrected chi connectivity index (χ2v) is 8.59. The van der Waals surface area contributed by atoms with Crippen molar-refractivity contribution < 1.29 is 62.2 Å². The molecule has 0 aliphatic heterocycles. The molecule has 0 spiro atoms. The van der Waals surface area contributed by atoms with Crippen LogP contribution in [0.1, 0.15) is 11.1 Å². The molecule has 18 heteroatoms. The highest BCUT2D eigenvalue weighted by Crippen LogP contribution is 2.42. The summed E-state index contributed by atoms with van der Waals surface area (Å²) < 4.78 is 173. The second kappa shape index (κ2) is 12.3. The van der Waals surface area contributed by atoms with Crippen LogP contribution in [0.4, 0.5) is 52.7 Å². The highest BCUT2D eigenvalue weighted by molar-refractivity contribution is 5.90. The molecule has 46 heavy (non-hydrogen) atoms. The molecule has 0 aliphatic rings. The lowest BCUT2D eigenvalue weighted by Gasteiger charge is -2.24. The van der Waals surface area contributed by atoms with Crippen LogP contribution in [0.25, 0.3) is 33.4 Å². The number of hydrogen-bond donors (Lipinski definition) is 0. The molecule has 0 amide bonds. The molecule has 0 aromatic heterocycles. The fourth-order valence-electron chi connectivity index (χ4n) is 4.31. The lowest BCUT2D eigenvalue weighted by molar-refractivity contribution is -0.275. The topological polar surface area (TPSA) is 114 Å². The van der Waals surface area contributed by atoms with E-state index >= 15 is 0 Å². The maximum Gasteiger partial charge on any atom is 0.573 e. The van der Waals surface area contributed by atoms with Crippen LogP contribution in [0.2, 0.25) is 0 Å². The molecule has 236 valence electrons. The average molecular weight is 660 g/mol. The van der Waals surface area contributed by atoms with Crippen LogP contribution in [0.15, 0.2) is 48.5 Å². The van der Waals surface area contributed by atoms with Crippen LogP contribution in [0.5, 0.6) is 11.5 Å². The number of benzene rings is 3. The van der Waals surface area contributed by atoms with Gasteiger partial charge in [-0.25, -0.2) is 0 Å². The Labute approximate surface area is 248 Å². The minimum atomic E-state index is -5.83. The summed E-state index contributed by atoms with van der Waals surface area (Å²) >= 11 is 0. The summed E-state index contributed by atoms with van der Waals surface area (Å²) in [5, 5.41) is 34.7. The first-order chi connectivity index (χ1) is 21.2. The van der Waals surface area contributed by atoms with Crippen LogP contribution < -0.4 is 19.9 Å². The van der Waals surface area contributed by atoms with Crippen LogP contribution in [-0.4, -0.2) is 12.7 Å². The molecule has 0 N–H and O–H groups in total. The summed E-state index contributed by atoms with van der Waals surface area (Å²) in [5.74, 6) is -2.07. The van der Waals surface area contributed by atoms with Gasteiger partial charge in [0.2, 0.25) is 0 Å². The molecule has 3 aromatic rings. The molecule has 0 saturated carbocycles. The smallest absolute Gasteiger partial charge is 0.406 e. The van der Waals surface area contributed by atoms with E-state index in [4.69, 9.17) is 0 Å². The third-order valence-corrected chi connectivity index (χ3v) is 5.77. The molecule has 0 unspecified atom stereocenters. The number of ether oxygens (including phenoxy) is 2. The molecule has 6 nitrogen and oxygen atoms in total. The van der Waals surface area contributed by atoms with Crippen molar-refractivity contribution in [1.82, 2.24) is 0 Å². The van der Waals surface area contributed by atoms with Crippen molar-refractivity contribution in [2.45, 2.75) is 25.1 Å². The fraction of sp³-hybridized carbons (Fsp3) is 0.143. The van der Waals surface area contributed by atoms with Gasteiger partial charge in [-0.2, -0.15) is 47.4 Å². The molecule has 0 aliphatic carbocycles. The van der Waals surface area contributed by atoms with E-state index in [2.05, 4.69) is 9.47 Å².